The molecule has 0 aliphatic rings. The predicted octanol–water partition coefficient (Wildman–Crippen LogP) is 4.44. The van der Waals surface area contributed by atoms with E-state index in [0.717, 1.165) is 17.7 Å². The Bertz CT molecular complexity index is 623. The molecule has 0 amide bonds. The molecule has 0 fully saturated rings. The second kappa shape index (κ2) is 6.53. The number of hydrogen-bond acceptors (Lipinski definition) is 3. The summed E-state index contributed by atoms with van der Waals surface area (Å²) in [6.07, 6.45) is 0.978. The summed E-state index contributed by atoms with van der Waals surface area (Å²) in [4.78, 5) is 0. The van der Waals surface area contributed by atoms with Crippen LogP contribution >= 0.6 is 0 Å². The van der Waals surface area contributed by atoms with Crippen LogP contribution in [0.3, 0.4) is 0 Å². The minimum atomic E-state index is 0.0160. The lowest BCUT2D eigenvalue weighted by molar-refractivity contribution is 0.406. The molecule has 0 aliphatic heterocycles. The second-order valence-corrected chi connectivity index (χ2v) is 5.25. The van der Waals surface area contributed by atoms with Gasteiger partial charge < -0.3 is 15.2 Å². The standard InChI is InChI=1S/C18H23NO2/c1-5-14-8-6-7-12(2)18(14)19-13(3)16-10-9-15(21-4)11-17(16)20/h6-11,13,19-20H,5H2,1-4H3. The molecule has 2 N–H and O–H groups in total. The van der Waals surface area contributed by atoms with Gasteiger partial charge in [0.25, 0.3) is 0 Å². The van der Waals surface area contributed by atoms with Crippen molar-refractivity contribution in [2.75, 3.05) is 12.4 Å². The van der Waals surface area contributed by atoms with E-state index in [0.29, 0.717) is 5.75 Å². The molecule has 2 aromatic rings. The van der Waals surface area contributed by atoms with Gasteiger partial charge in [-0.25, -0.2) is 0 Å². The number of anilines is 1. The molecule has 21 heavy (non-hydrogen) atoms. The van der Waals surface area contributed by atoms with Crippen molar-refractivity contribution < 1.29 is 9.84 Å². The van der Waals surface area contributed by atoms with Crippen molar-refractivity contribution in [3.05, 3.63) is 53.1 Å². The zero-order valence-corrected chi connectivity index (χ0v) is 13.1. The highest BCUT2D eigenvalue weighted by atomic mass is 16.5. The van der Waals surface area contributed by atoms with Gasteiger partial charge in [0.15, 0.2) is 0 Å². The summed E-state index contributed by atoms with van der Waals surface area (Å²) in [6, 6.07) is 11.7. The van der Waals surface area contributed by atoms with Gasteiger partial charge in [-0.2, -0.15) is 0 Å². The molecule has 0 spiro atoms. The van der Waals surface area contributed by atoms with Crippen molar-refractivity contribution in [2.24, 2.45) is 0 Å². The highest BCUT2D eigenvalue weighted by Crippen LogP contribution is 2.32. The molecule has 0 saturated heterocycles. The Balaban J connectivity index is 2.28. The fourth-order valence-electron chi connectivity index (χ4n) is 2.54. The van der Waals surface area contributed by atoms with E-state index < -0.39 is 0 Å². The number of aryl methyl sites for hydroxylation is 2. The third-order valence-corrected chi connectivity index (χ3v) is 3.80. The SMILES string of the molecule is CCc1cccc(C)c1NC(C)c1ccc(OC)cc1O. The first-order valence-electron chi connectivity index (χ1n) is 7.28. The van der Waals surface area contributed by atoms with Crippen molar-refractivity contribution >= 4 is 5.69 Å². The van der Waals surface area contributed by atoms with E-state index in [2.05, 4.69) is 37.4 Å². The molecule has 3 nitrogen and oxygen atoms in total. The normalized spacial score (nSPS) is 12.0. The molecule has 0 bridgehead atoms. The van der Waals surface area contributed by atoms with E-state index in [1.54, 1.807) is 13.2 Å². The van der Waals surface area contributed by atoms with Crippen LogP contribution in [0, 0.1) is 6.92 Å². The number of aromatic hydroxyl groups is 1. The van der Waals surface area contributed by atoms with Gasteiger partial charge in [-0.15, -0.1) is 0 Å². The van der Waals surface area contributed by atoms with Gasteiger partial charge in [-0.1, -0.05) is 25.1 Å². The zero-order chi connectivity index (χ0) is 15.4. The van der Waals surface area contributed by atoms with Gasteiger partial charge in [0, 0.05) is 17.3 Å². The molecule has 0 aromatic heterocycles. The van der Waals surface area contributed by atoms with Gasteiger partial charge in [-0.05, 0) is 43.5 Å². The summed E-state index contributed by atoms with van der Waals surface area (Å²) >= 11 is 0. The Morgan fingerprint density at radius 3 is 2.62 bits per heavy atom. The first-order chi connectivity index (χ1) is 10.1. The van der Waals surface area contributed by atoms with Crippen LogP contribution in [0.25, 0.3) is 0 Å². The van der Waals surface area contributed by atoms with Crippen molar-refractivity contribution in [1.29, 1.82) is 0 Å². The van der Waals surface area contributed by atoms with E-state index in [4.69, 9.17) is 4.74 Å². The summed E-state index contributed by atoms with van der Waals surface area (Å²) in [5, 5.41) is 13.7. The number of ether oxygens (including phenoxy) is 1. The van der Waals surface area contributed by atoms with Gasteiger partial charge in [0.2, 0.25) is 0 Å². The summed E-state index contributed by atoms with van der Waals surface area (Å²) in [5.74, 6) is 0.912. The first-order valence-corrected chi connectivity index (χ1v) is 7.28. The lowest BCUT2D eigenvalue weighted by Crippen LogP contribution is -2.10. The van der Waals surface area contributed by atoms with Crippen LogP contribution in [0.2, 0.25) is 0 Å². The fraction of sp³-hybridized carbons (Fsp3) is 0.333. The maximum absolute atomic E-state index is 10.1. The topological polar surface area (TPSA) is 41.5 Å². The van der Waals surface area contributed by atoms with Gasteiger partial charge in [0.05, 0.1) is 13.2 Å². The summed E-state index contributed by atoms with van der Waals surface area (Å²) in [7, 11) is 1.59. The Hall–Kier alpha value is -2.16. The van der Waals surface area contributed by atoms with Crippen LogP contribution in [0.4, 0.5) is 5.69 Å². The average molecular weight is 285 g/mol. The van der Waals surface area contributed by atoms with Crippen LogP contribution in [0.15, 0.2) is 36.4 Å². The quantitative estimate of drug-likeness (QED) is 0.853. The third kappa shape index (κ3) is 3.30. The summed E-state index contributed by atoms with van der Waals surface area (Å²) in [5.41, 5.74) is 4.52. The lowest BCUT2D eigenvalue weighted by atomic mass is 10.0. The van der Waals surface area contributed by atoms with Crippen LogP contribution in [0.5, 0.6) is 11.5 Å². The van der Waals surface area contributed by atoms with Crippen molar-refractivity contribution in [3.63, 3.8) is 0 Å². The molecule has 0 heterocycles. The van der Waals surface area contributed by atoms with Gasteiger partial charge in [0.1, 0.15) is 11.5 Å². The van der Waals surface area contributed by atoms with E-state index in [9.17, 15) is 5.11 Å². The Morgan fingerprint density at radius 2 is 2.00 bits per heavy atom. The van der Waals surface area contributed by atoms with E-state index in [1.165, 1.54) is 11.1 Å². The molecular formula is C18H23NO2. The van der Waals surface area contributed by atoms with E-state index >= 15 is 0 Å². The highest BCUT2D eigenvalue weighted by Gasteiger charge is 2.13. The molecule has 0 radical (unpaired) electrons. The van der Waals surface area contributed by atoms with E-state index in [1.807, 2.05) is 19.1 Å². The smallest absolute Gasteiger partial charge is 0.124 e. The number of hydrogen-bond donors (Lipinski definition) is 2. The maximum Gasteiger partial charge on any atom is 0.124 e. The largest absolute Gasteiger partial charge is 0.507 e. The third-order valence-electron chi connectivity index (χ3n) is 3.80. The predicted molar refractivity (Wildman–Crippen MR) is 87.3 cm³/mol. The number of para-hydroxylation sites is 1. The van der Waals surface area contributed by atoms with Crippen molar-refractivity contribution in [2.45, 2.75) is 33.2 Å². The molecule has 2 rings (SSSR count). The van der Waals surface area contributed by atoms with Gasteiger partial charge in [-0.3, -0.25) is 0 Å². The minimum absolute atomic E-state index is 0.0160. The number of phenols is 1. The number of phenolic OH excluding ortho intramolecular Hbond substituents is 1. The van der Waals surface area contributed by atoms with Crippen molar-refractivity contribution in [3.8, 4) is 11.5 Å². The maximum atomic E-state index is 10.1. The Kier molecular flexibility index (Phi) is 4.73. The first kappa shape index (κ1) is 15.2. The van der Waals surface area contributed by atoms with Crippen LogP contribution < -0.4 is 10.1 Å². The summed E-state index contributed by atoms with van der Waals surface area (Å²) in [6.45, 7) is 6.30. The number of rotatable bonds is 5. The molecule has 0 aliphatic carbocycles. The van der Waals surface area contributed by atoms with Crippen LogP contribution in [-0.4, -0.2) is 12.2 Å². The van der Waals surface area contributed by atoms with Gasteiger partial charge >= 0.3 is 0 Å². The summed E-state index contributed by atoms with van der Waals surface area (Å²) < 4.78 is 5.12. The zero-order valence-electron chi connectivity index (χ0n) is 13.1. The van der Waals surface area contributed by atoms with E-state index in [-0.39, 0.29) is 11.8 Å². The fourth-order valence-corrected chi connectivity index (χ4v) is 2.54. The molecule has 2 aromatic carbocycles. The minimum Gasteiger partial charge on any atom is -0.507 e. The number of nitrogens with one attached hydrogen (secondary N) is 1. The molecular weight excluding hydrogens is 262 g/mol. The Morgan fingerprint density at radius 1 is 1.24 bits per heavy atom. The van der Waals surface area contributed by atoms with Crippen molar-refractivity contribution in [1.82, 2.24) is 0 Å². The van der Waals surface area contributed by atoms with Crippen LogP contribution in [0.1, 0.15) is 36.6 Å². The molecule has 0 saturated carbocycles. The number of benzene rings is 2. The monoisotopic (exact) mass is 285 g/mol. The Labute approximate surface area is 126 Å². The molecule has 1 atom stereocenters. The molecule has 3 heteroatoms. The molecule has 1 unspecified atom stereocenters. The lowest BCUT2D eigenvalue weighted by Gasteiger charge is -2.21. The number of methoxy groups -OCH3 is 1. The molecule has 112 valence electrons. The average Bonchev–Trinajstić information content (AvgIpc) is 2.48. The van der Waals surface area contributed by atoms with Crippen LogP contribution in [-0.2, 0) is 6.42 Å². The highest BCUT2D eigenvalue weighted by molar-refractivity contribution is 5.59. The second-order valence-electron chi connectivity index (χ2n) is 5.25.